The average molecular weight is 233 g/mol. The number of benzene rings is 1. The summed E-state index contributed by atoms with van der Waals surface area (Å²) in [6, 6.07) is 8.16. The highest BCUT2D eigenvalue weighted by molar-refractivity contribution is 6.03. The molecular formula is C13H19N3O. The standard InChI is InChI=1S/C13H19N3O/c1-10(7-8-14)16-12-6-4-3-5-11(12)15(2)9-13(16)17/h3-6,10H,7-9,14H2,1-2H3. The van der Waals surface area contributed by atoms with E-state index < -0.39 is 0 Å². The fraction of sp³-hybridized carbons (Fsp3) is 0.462. The Bertz CT molecular complexity index is 419. The minimum atomic E-state index is 0.146. The molecule has 4 heteroatoms. The van der Waals surface area contributed by atoms with Crippen molar-refractivity contribution in [3.05, 3.63) is 24.3 Å². The number of carbonyl (C=O) groups excluding carboxylic acids is 1. The summed E-state index contributed by atoms with van der Waals surface area (Å²) in [5.74, 6) is 0.146. The molecule has 17 heavy (non-hydrogen) atoms. The van der Waals surface area contributed by atoms with E-state index in [-0.39, 0.29) is 11.9 Å². The molecule has 1 aromatic carbocycles. The number of para-hydroxylation sites is 2. The van der Waals surface area contributed by atoms with Gasteiger partial charge in [0.05, 0.1) is 17.9 Å². The lowest BCUT2D eigenvalue weighted by Gasteiger charge is -2.38. The van der Waals surface area contributed by atoms with Crippen LogP contribution >= 0.6 is 0 Å². The molecule has 0 saturated carbocycles. The van der Waals surface area contributed by atoms with Crippen molar-refractivity contribution in [2.24, 2.45) is 5.73 Å². The molecule has 0 spiro atoms. The van der Waals surface area contributed by atoms with Gasteiger partial charge in [0, 0.05) is 13.1 Å². The second-order valence-electron chi connectivity index (χ2n) is 4.53. The molecule has 0 aromatic heterocycles. The zero-order valence-corrected chi connectivity index (χ0v) is 10.4. The van der Waals surface area contributed by atoms with E-state index in [0.29, 0.717) is 13.1 Å². The first-order chi connectivity index (χ1) is 8.15. The Hall–Kier alpha value is -1.55. The summed E-state index contributed by atoms with van der Waals surface area (Å²) in [4.78, 5) is 16.0. The fourth-order valence-corrected chi connectivity index (χ4v) is 2.34. The molecule has 0 radical (unpaired) electrons. The summed E-state index contributed by atoms with van der Waals surface area (Å²) in [6.45, 7) is 3.09. The summed E-state index contributed by atoms with van der Waals surface area (Å²) >= 11 is 0. The molecule has 1 unspecified atom stereocenters. The quantitative estimate of drug-likeness (QED) is 0.853. The molecule has 0 aliphatic carbocycles. The third-order valence-electron chi connectivity index (χ3n) is 3.22. The van der Waals surface area contributed by atoms with Gasteiger partial charge in [-0.05, 0) is 32.0 Å². The number of anilines is 2. The van der Waals surface area contributed by atoms with Gasteiger partial charge in [-0.15, -0.1) is 0 Å². The van der Waals surface area contributed by atoms with E-state index >= 15 is 0 Å². The van der Waals surface area contributed by atoms with Gasteiger partial charge in [-0.3, -0.25) is 4.79 Å². The van der Waals surface area contributed by atoms with Crippen molar-refractivity contribution in [2.75, 3.05) is 29.9 Å². The van der Waals surface area contributed by atoms with E-state index in [4.69, 9.17) is 5.73 Å². The summed E-state index contributed by atoms with van der Waals surface area (Å²) < 4.78 is 0. The number of hydrogen-bond donors (Lipinski definition) is 1. The van der Waals surface area contributed by atoms with Crippen LogP contribution in [0.4, 0.5) is 11.4 Å². The third-order valence-corrected chi connectivity index (χ3v) is 3.22. The number of nitrogens with two attached hydrogens (primary N) is 1. The summed E-state index contributed by atoms with van der Waals surface area (Å²) in [7, 11) is 1.95. The highest BCUT2D eigenvalue weighted by Gasteiger charge is 2.29. The number of rotatable bonds is 3. The maximum Gasteiger partial charge on any atom is 0.246 e. The molecule has 1 amide bonds. The minimum absolute atomic E-state index is 0.146. The lowest BCUT2D eigenvalue weighted by molar-refractivity contribution is -0.118. The minimum Gasteiger partial charge on any atom is -0.364 e. The van der Waals surface area contributed by atoms with Gasteiger partial charge in [0.1, 0.15) is 0 Å². The fourth-order valence-electron chi connectivity index (χ4n) is 2.34. The van der Waals surface area contributed by atoms with Crippen LogP contribution in [0, 0.1) is 0 Å². The van der Waals surface area contributed by atoms with Crippen LogP contribution in [0.15, 0.2) is 24.3 Å². The van der Waals surface area contributed by atoms with Gasteiger partial charge in [0.15, 0.2) is 0 Å². The van der Waals surface area contributed by atoms with E-state index in [1.165, 1.54) is 0 Å². The number of hydrogen-bond acceptors (Lipinski definition) is 3. The van der Waals surface area contributed by atoms with Crippen molar-refractivity contribution >= 4 is 17.3 Å². The van der Waals surface area contributed by atoms with E-state index in [1.807, 2.05) is 48.0 Å². The second kappa shape index (κ2) is 4.75. The lowest BCUT2D eigenvalue weighted by Crippen LogP contribution is -2.48. The molecule has 1 atom stereocenters. The predicted molar refractivity (Wildman–Crippen MR) is 70.3 cm³/mol. The summed E-state index contributed by atoms with van der Waals surface area (Å²) in [6.07, 6.45) is 0.823. The van der Waals surface area contributed by atoms with Crippen LogP contribution < -0.4 is 15.5 Å². The first-order valence-electron chi connectivity index (χ1n) is 5.97. The maximum absolute atomic E-state index is 12.1. The van der Waals surface area contributed by atoms with E-state index in [0.717, 1.165) is 17.8 Å². The number of nitrogens with zero attached hydrogens (tertiary/aromatic N) is 2. The van der Waals surface area contributed by atoms with Crippen LogP contribution in [0.3, 0.4) is 0 Å². The molecule has 1 aromatic rings. The number of amides is 1. The Morgan fingerprint density at radius 1 is 1.35 bits per heavy atom. The largest absolute Gasteiger partial charge is 0.364 e. The monoisotopic (exact) mass is 233 g/mol. The topological polar surface area (TPSA) is 49.6 Å². The zero-order chi connectivity index (χ0) is 12.4. The molecule has 2 N–H and O–H groups in total. The SMILES string of the molecule is CC(CCN)N1C(=O)CN(C)c2ccccc21. The Morgan fingerprint density at radius 2 is 2.00 bits per heavy atom. The molecule has 1 heterocycles. The van der Waals surface area contributed by atoms with Crippen LogP contribution in [-0.2, 0) is 4.79 Å². The lowest BCUT2D eigenvalue weighted by atomic mass is 10.1. The van der Waals surface area contributed by atoms with E-state index in [1.54, 1.807) is 0 Å². The second-order valence-corrected chi connectivity index (χ2v) is 4.53. The maximum atomic E-state index is 12.1. The Labute approximate surface area is 102 Å². The van der Waals surface area contributed by atoms with Crippen LogP contribution in [0.1, 0.15) is 13.3 Å². The Balaban J connectivity index is 2.39. The highest BCUT2D eigenvalue weighted by Crippen LogP contribution is 2.33. The molecule has 0 saturated heterocycles. The molecule has 0 fully saturated rings. The molecular weight excluding hydrogens is 214 g/mol. The molecule has 92 valence electrons. The van der Waals surface area contributed by atoms with Crippen molar-refractivity contribution in [1.29, 1.82) is 0 Å². The van der Waals surface area contributed by atoms with Crippen LogP contribution in [-0.4, -0.2) is 32.1 Å². The van der Waals surface area contributed by atoms with Gasteiger partial charge in [-0.25, -0.2) is 0 Å². The van der Waals surface area contributed by atoms with Gasteiger partial charge in [0.25, 0.3) is 0 Å². The van der Waals surface area contributed by atoms with Gasteiger partial charge in [0.2, 0.25) is 5.91 Å². The molecule has 0 bridgehead atoms. The van der Waals surface area contributed by atoms with Crippen molar-refractivity contribution in [1.82, 2.24) is 0 Å². The first-order valence-corrected chi connectivity index (χ1v) is 5.97. The molecule has 1 aliphatic rings. The third kappa shape index (κ3) is 2.13. The van der Waals surface area contributed by atoms with Gasteiger partial charge in [-0.2, -0.15) is 0 Å². The average Bonchev–Trinajstić information content (AvgIpc) is 2.29. The number of likely N-dealkylation sites (N-methyl/N-ethyl adjacent to an activating group) is 1. The zero-order valence-electron chi connectivity index (χ0n) is 10.4. The van der Waals surface area contributed by atoms with Crippen LogP contribution in [0.2, 0.25) is 0 Å². The van der Waals surface area contributed by atoms with Crippen molar-refractivity contribution < 1.29 is 4.79 Å². The van der Waals surface area contributed by atoms with E-state index in [9.17, 15) is 4.79 Å². The van der Waals surface area contributed by atoms with E-state index in [2.05, 4.69) is 0 Å². The summed E-state index contributed by atoms with van der Waals surface area (Å²) in [5, 5.41) is 0. The van der Waals surface area contributed by atoms with Gasteiger partial charge < -0.3 is 15.5 Å². The van der Waals surface area contributed by atoms with Crippen LogP contribution in [0.5, 0.6) is 0 Å². The van der Waals surface area contributed by atoms with Crippen molar-refractivity contribution in [2.45, 2.75) is 19.4 Å². The van der Waals surface area contributed by atoms with Gasteiger partial charge >= 0.3 is 0 Å². The van der Waals surface area contributed by atoms with Crippen LogP contribution in [0.25, 0.3) is 0 Å². The first kappa shape index (κ1) is 11.9. The van der Waals surface area contributed by atoms with Crippen molar-refractivity contribution in [3.63, 3.8) is 0 Å². The summed E-state index contributed by atoms with van der Waals surface area (Å²) in [5.41, 5.74) is 7.68. The molecule has 2 rings (SSSR count). The highest BCUT2D eigenvalue weighted by atomic mass is 16.2. The van der Waals surface area contributed by atoms with Crippen molar-refractivity contribution in [3.8, 4) is 0 Å². The van der Waals surface area contributed by atoms with Gasteiger partial charge in [-0.1, -0.05) is 12.1 Å². The Kier molecular flexibility index (Phi) is 3.33. The molecule has 4 nitrogen and oxygen atoms in total. The molecule has 1 aliphatic heterocycles. The normalized spacial score (nSPS) is 17.0. The smallest absolute Gasteiger partial charge is 0.246 e. The Morgan fingerprint density at radius 3 is 2.65 bits per heavy atom. The number of fused-ring (bicyclic) bond motifs is 1. The number of carbonyl (C=O) groups is 1. The predicted octanol–water partition coefficient (Wildman–Crippen LogP) is 1.21.